The molecule has 0 fully saturated rings. The predicted octanol–water partition coefficient (Wildman–Crippen LogP) is 2.70. The van der Waals surface area contributed by atoms with E-state index in [2.05, 4.69) is 10.4 Å². The number of rotatable bonds is 7. The Labute approximate surface area is 141 Å². The van der Waals surface area contributed by atoms with Gasteiger partial charge in [0.15, 0.2) is 0 Å². The number of nitrogens with one attached hydrogen (secondary N) is 1. The van der Waals surface area contributed by atoms with Gasteiger partial charge < -0.3 is 10.4 Å². The lowest BCUT2D eigenvalue weighted by molar-refractivity contribution is 0.0696. The van der Waals surface area contributed by atoms with Crippen molar-refractivity contribution in [2.45, 2.75) is 39.7 Å². The van der Waals surface area contributed by atoms with Crippen LogP contribution in [0.5, 0.6) is 0 Å². The molecule has 1 aromatic heterocycles. The zero-order valence-corrected chi connectivity index (χ0v) is 14.2. The van der Waals surface area contributed by atoms with Crippen LogP contribution in [0.3, 0.4) is 0 Å². The second-order valence-electron chi connectivity index (χ2n) is 5.95. The topological polar surface area (TPSA) is 84.2 Å². The summed E-state index contributed by atoms with van der Waals surface area (Å²) in [5.74, 6) is -0.883. The minimum Gasteiger partial charge on any atom is -0.478 e. The molecule has 2 rings (SSSR count). The molecule has 0 atom stereocenters. The first kappa shape index (κ1) is 17.7. The molecule has 6 nitrogen and oxygen atoms in total. The lowest BCUT2D eigenvalue weighted by atomic mass is 10.1. The Morgan fingerprint density at radius 2 is 1.92 bits per heavy atom. The molecule has 0 saturated heterocycles. The molecule has 2 N–H and O–H groups in total. The predicted molar refractivity (Wildman–Crippen MR) is 91.4 cm³/mol. The standard InChI is InChI=1S/C18H23N3O3/c1-4-21-11-15(16(20-21)12(2)3)17(22)19-10-9-13-5-7-14(8-6-13)18(23)24/h5-8,11-12H,4,9-10H2,1-3H3,(H,19,22)(H,23,24). The molecular weight excluding hydrogens is 306 g/mol. The van der Waals surface area contributed by atoms with Crippen molar-refractivity contribution in [1.82, 2.24) is 15.1 Å². The van der Waals surface area contributed by atoms with Gasteiger partial charge in [-0.2, -0.15) is 5.10 Å². The van der Waals surface area contributed by atoms with Gasteiger partial charge in [0.2, 0.25) is 0 Å². The van der Waals surface area contributed by atoms with Crippen LogP contribution in [0, 0.1) is 0 Å². The van der Waals surface area contributed by atoms with Gasteiger partial charge in [-0.25, -0.2) is 4.79 Å². The van der Waals surface area contributed by atoms with Crippen LogP contribution in [0.1, 0.15) is 58.7 Å². The van der Waals surface area contributed by atoms with Crippen molar-refractivity contribution in [1.29, 1.82) is 0 Å². The van der Waals surface area contributed by atoms with Gasteiger partial charge in [-0.15, -0.1) is 0 Å². The minimum absolute atomic E-state index is 0.124. The van der Waals surface area contributed by atoms with Crippen LogP contribution < -0.4 is 5.32 Å². The Morgan fingerprint density at radius 3 is 2.46 bits per heavy atom. The van der Waals surface area contributed by atoms with E-state index in [-0.39, 0.29) is 17.4 Å². The summed E-state index contributed by atoms with van der Waals surface area (Å²) in [4.78, 5) is 23.2. The molecule has 0 aliphatic carbocycles. The van der Waals surface area contributed by atoms with Crippen molar-refractivity contribution in [3.63, 3.8) is 0 Å². The summed E-state index contributed by atoms with van der Waals surface area (Å²) in [5, 5.41) is 16.2. The second-order valence-corrected chi connectivity index (χ2v) is 5.95. The van der Waals surface area contributed by atoms with Crippen LogP contribution in [0.25, 0.3) is 0 Å². The summed E-state index contributed by atoms with van der Waals surface area (Å²) >= 11 is 0. The van der Waals surface area contributed by atoms with Gasteiger partial charge in [0, 0.05) is 19.3 Å². The number of nitrogens with zero attached hydrogens (tertiary/aromatic N) is 2. The van der Waals surface area contributed by atoms with Crippen LogP contribution in [-0.2, 0) is 13.0 Å². The van der Waals surface area contributed by atoms with Crippen molar-refractivity contribution in [2.75, 3.05) is 6.54 Å². The molecule has 128 valence electrons. The van der Waals surface area contributed by atoms with Crippen molar-refractivity contribution in [3.8, 4) is 0 Å². The third-order valence-corrected chi connectivity index (χ3v) is 3.81. The van der Waals surface area contributed by atoms with E-state index >= 15 is 0 Å². The maximum absolute atomic E-state index is 12.4. The highest BCUT2D eigenvalue weighted by molar-refractivity contribution is 5.95. The van der Waals surface area contributed by atoms with Crippen molar-refractivity contribution >= 4 is 11.9 Å². The number of carbonyl (C=O) groups is 2. The number of benzene rings is 1. The van der Waals surface area contributed by atoms with E-state index in [0.29, 0.717) is 18.5 Å². The molecule has 1 aromatic carbocycles. The van der Waals surface area contributed by atoms with Gasteiger partial charge in [0.25, 0.3) is 5.91 Å². The highest BCUT2D eigenvalue weighted by atomic mass is 16.4. The van der Waals surface area contributed by atoms with E-state index in [9.17, 15) is 9.59 Å². The van der Waals surface area contributed by atoms with Crippen LogP contribution in [0.2, 0.25) is 0 Å². The van der Waals surface area contributed by atoms with Crippen LogP contribution >= 0.6 is 0 Å². The summed E-state index contributed by atoms with van der Waals surface area (Å²) in [7, 11) is 0. The fourth-order valence-corrected chi connectivity index (χ4v) is 2.43. The Balaban J connectivity index is 1.96. The monoisotopic (exact) mass is 329 g/mol. The Bertz CT molecular complexity index is 718. The third kappa shape index (κ3) is 4.22. The van der Waals surface area contributed by atoms with Gasteiger partial charge in [0.05, 0.1) is 16.8 Å². The molecule has 1 amide bonds. The average Bonchev–Trinajstić information content (AvgIpc) is 3.00. The van der Waals surface area contributed by atoms with Gasteiger partial charge in [-0.05, 0) is 37.0 Å². The zero-order valence-electron chi connectivity index (χ0n) is 14.2. The molecule has 0 saturated carbocycles. The molecular formula is C18H23N3O3. The average molecular weight is 329 g/mol. The van der Waals surface area contributed by atoms with Crippen LogP contribution in [-0.4, -0.2) is 33.3 Å². The third-order valence-electron chi connectivity index (χ3n) is 3.81. The number of hydrogen-bond donors (Lipinski definition) is 2. The molecule has 0 bridgehead atoms. The van der Waals surface area contributed by atoms with Gasteiger partial charge in [0.1, 0.15) is 0 Å². The number of carboxylic acid groups (broad SMARTS) is 1. The quantitative estimate of drug-likeness (QED) is 0.818. The number of aryl methyl sites for hydroxylation is 1. The summed E-state index contributed by atoms with van der Waals surface area (Å²) in [5.41, 5.74) is 2.67. The molecule has 2 aromatic rings. The highest BCUT2D eigenvalue weighted by Gasteiger charge is 2.18. The van der Waals surface area contributed by atoms with Crippen molar-refractivity contribution in [3.05, 3.63) is 52.8 Å². The summed E-state index contributed by atoms with van der Waals surface area (Å²) in [6, 6.07) is 6.68. The normalized spacial score (nSPS) is 10.8. The molecule has 1 heterocycles. The van der Waals surface area contributed by atoms with E-state index in [0.717, 1.165) is 17.8 Å². The van der Waals surface area contributed by atoms with E-state index in [1.165, 1.54) is 0 Å². The highest BCUT2D eigenvalue weighted by Crippen LogP contribution is 2.17. The van der Waals surface area contributed by atoms with E-state index in [1.807, 2.05) is 20.8 Å². The molecule has 6 heteroatoms. The smallest absolute Gasteiger partial charge is 0.335 e. The van der Waals surface area contributed by atoms with Crippen molar-refractivity contribution < 1.29 is 14.7 Å². The maximum Gasteiger partial charge on any atom is 0.335 e. The fourth-order valence-electron chi connectivity index (χ4n) is 2.43. The second kappa shape index (κ2) is 7.77. The van der Waals surface area contributed by atoms with E-state index in [4.69, 9.17) is 5.11 Å². The Hall–Kier alpha value is -2.63. The Morgan fingerprint density at radius 1 is 1.25 bits per heavy atom. The first-order valence-corrected chi connectivity index (χ1v) is 8.10. The minimum atomic E-state index is -0.941. The van der Waals surface area contributed by atoms with E-state index in [1.54, 1.807) is 35.1 Å². The first-order valence-electron chi connectivity index (χ1n) is 8.10. The first-order chi connectivity index (χ1) is 11.4. The van der Waals surface area contributed by atoms with Gasteiger partial charge in [-0.3, -0.25) is 9.48 Å². The molecule has 0 radical (unpaired) electrons. The largest absolute Gasteiger partial charge is 0.478 e. The lowest BCUT2D eigenvalue weighted by Crippen LogP contribution is -2.26. The van der Waals surface area contributed by atoms with Gasteiger partial charge in [-0.1, -0.05) is 26.0 Å². The molecule has 0 aliphatic rings. The molecule has 0 spiro atoms. The SMILES string of the molecule is CCn1cc(C(=O)NCCc2ccc(C(=O)O)cc2)c(C(C)C)n1. The maximum atomic E-state index is 12.4. The zero-order chi connectivity index (χ0) is 17.7. The summed E-state index contributed by atoms with van der Waals surface area (Å²) < 4.78 is 1.77. The lowest BCUT2D eigenvalue weighted by Gasteiger charge is -2.07. The summed E-state index contributed by atoms with van der Waals surface area (Å²) in [6.45, 7) is 7.23. The number of amides is 1. The van der Waals surface area contributed by atoms with Gasteiger partial charge >= 0.3 is 5.97 Å². The Kier molecular flexibility index (Phi) is 5.73. The molecule has 24 heavy (non-hydrogen) atoms. The number of hydrogen-bond acceptors (Lipinski definition) is 3. The molecule has 0 unspecified atom stereocenters. The van der Waals surface area contributed by atoms with E-state index < -0.39 is 5.97 Å². The number of aromatic nitrogens is 2. The number of aromatic carboxylic acids is 1. The fraction of sp³-hybridized carbons (Fsp3) is 0.389. The summed E-state index contributed by atoms with van der Waals surface area (Å²) in [6.07, 6.45) is 2.43. The number of carboxylic acids is 1. The van der Waals surface area contributed by atoms with Crippen molar-refractivity contribution in [2.24, 2.45) is 0 Å². The number of carbonyl (C=O) groups excluding carboxylic acids is 1. The van der Waals surface area contributed by atoms with Crippen LogP contribution in [0.4, 0.5) is 0 Å². The van der Waals surface area contributed by atoms with Crippen LogP contribution in [0.15, 0.2) is 30.5 Å². The molecule has 0 aliphatic heterocycles.